The van der Waals surface area contributed by atoms with Crippen LogP contribution >= 0.6 is 0 Å². The van der Waals surface area contributed by atoms with Gasteiger partial charge >= 0.3 is 12.1 Å². The van der Waals surface area contributed by atoms with Crippen LogP contribution in [-0.2, 0) is 14.3 Å². The van der Waals surface area contributed by atoms with Gasteiger partial charge in [0.05, 0.1) is 0 Å². The highest BCUT2D eigenvalue weighted by Gasteiger charge is 2.29. The SMILES string of the molecule is CC(C)=CC[C@H](NC(=O)[C@H](C)NC(=O)OCC1c2ccccc2-c2ccccc21)C(=O)O. The molecule has 1 aliphatic rings. The lowest BCUT2D eigenvalue weighted by molar-refractivity contribution is -0.141. The number of hydrogen-bond donors (Lipinski definition) is 3. The average Bonchev–Trinajstić information content (AvgIpc) is 3.08. The van der Waals surface area contributed by atoms with Crippen molar-refractivity contribution in [1.82, 2.24) is 10.6 Å². The van der Waals surface area contributed by atoms with E-state index >= 15 is 0 Å². The van der Waals surface area contributed by atoms with Crippen molar-refractivity contribution in [3.05, 3.63) is 71.3 Å². The van der Waals surface area contributed by atoms with Gasteiger partial charge in [-0.15, -0.1) is 0 Å². The number of hydrogen-bond acceptors (Lipinski definition) is 4. The minimum absolute atomic E-state index is 0.0854. The monoisotopic (exact) mass is 436 g/mol. The topological polar surface area (TPSA) is 105 Å². The van der Waals surface area contributed by atoms with Crippen LogP contribution in [0.15, 0.2) is 60.2 Å². The van der Waals surface area contributed by atoms with E-state index < -0.39 is 30.1 Å². The van der Waals surface area contributed by atoms with Crippen molar-refractivity contribution in [2.24, 2.45) is 0 Å². The maximum atomic E-state index is 12.4. The Morgan fingerprint density at radius 2 is 1.56 bits per heavy atom. The summed E-state index contributed by atoms with van der Waals surface area (Å²) in [4.78, 5) is 36.1. The molecule has 2 aromatic carbocycles. The molecule has 3 rings (SSSR count). The highest BCUT2D eigenvalue weighted by Crippen LogP contribution is 2.44. The number of allylic oxidation sites excluding steroid dienone is 1. The second-order valence-electron chi connectivity index (χ2n) is 8.11. The van der Waals surface area contributed by atoms with Crippen molar-refractivity contribution in [3.63, 3.8) is 0 Å². The second kappa shape index (κ2) is 10.1. The number of ether oxygens (including phenoxy) is 1. The average molecular weight is 437 g/mol. The Morgan fingerprint density at radius 3 is 2.09 bits per heavy atom. The maximum Gasteiger partial charge on any atom is 0.407 e. The van der Waals surface area contributed by atoms with Crippen molar-refractivity contribution in [1.29, 1.82) is 0 Å². The lowest BCUT2D eigenvalue weighted by Gasteiger charge is -2.19. The number of carbonyl (C=O) groups excluding carboxylic acids is 2. The summed E-state index contributed by atoms with van der Waals surface area (Å²) < 4.78 is 5.44. The molecule has 0 fully saturated rings. The fourth-order valence-electron chi connectivity index (χ4n) is 3.75. The van der Waals surface area contributed by atoms with Crippen molar-refractivity contribution >= 4 is 18.0 Å². The zero-order chi connectivity index (χ0) is 23.3. The van der Waals surface area contributed by atoms with Crippen LogP contribution in [0.2, 0.25) is 0 Å². The summed E-state index contributed by atoms with van der Waals surface area (Å²) in [6.07, 6.45) is 1.18. The maximum absolute atomic E-state index is 12.4. The van der Waals surface area contributed by atoms with E-state index in [4.69, 9.17) is 4.74 Å². The summed E-state index contributed by atoms with van der Waals surface area (Å²) in [6, 6.07) is 14.0. The second-order valence-corrected chi connectivity index (χ2v) is 8.11. The molecule has 2 amide bonds. The number of aliphatic carboxylic acids is 1. The smallest absolute Gasteiger partial charge is 0.407 e. The van der Waals surface area contributed by atoms with E-state index in [-0.39, 0.29) is 18.9 Å². The minimum atomic E-state index is -1.14. The van der Waals surface area contributed by atoms with Gasteiger partial charge in [-0.2, -0.15) is 0 Å². The molecule has 2 aromatic rings. The minimum Gasteiger partial charge on any atom is -0.480 e. The third kappa shape index (κ3) is 5.35. The molecule has 0 aliphatic heterocycles. The van der Waals surface area contributed by atoms with Crippen molar-refractivity contribution in [2.45, 2.75) is 45.2 Å². The van der Waals surface area contributed by atoms with Crippen molar-refractivity contribution in [3.8, 4) is 11.1 Å². The molecule has 168 valence electrons. The molecule has 32 heavy (non-hydrogen) atoms. The molecular formula is C25H28N2O5. The molecule has 0 bridgehead atoms. The Balaban J connectivity index is 1.57. The molecule has 0 heterocycles. The zero-order valence-corrected chi connectivity index (χ0v) is 18.4. The molecule has 2 atom stereocenters. The van der Waals surface area contributed by atoms with Gasteiger partial charge in [0.15, 0.2) is 0 Å². The number of amides is 2. The molecule has 7 heteroatoms. The first-order chi connectivity index (χ1) is 15.3. The summed E-state index contributed by atoms with van der Waals surface area (Å²) in [6.45, 7) is 5.31. The van der Waals surface area contributed by atoms with Crippen LogP contribution in [0.5, 0.6) is 0 Å². The molecule has 3 N–H and O–H groups in total. The number of carboxylic acid groups (broad SMARTS) is 1. The van der Waals surface area contributed by atoms with E-state index in [1.807, 2.05) is 50.2 Å². The van der Waals surface area contributed by atoms with Gasteiger partial charge in [-0.3, -0.25) is 4.79 Å². The summed E-state index contributed by atoms with van der Waals surface area (Å²) >= 11 is 0. The van der Waals surface area contributed by atoms with Crippen LogP contribution in [0.4, 0.5) is 4.79 Å². The third-order valence-corrected chi connectivity index (χ3v) is 5.45. The van der Waals surface area contributed by atoms with E-state index in [1.165, 1.54) is 6.92 Å². The standard InChI is InChI=1S/C25H28N2O5/c1-15(2)12-13-22(24(29)30)27-23(28)16(3)26-25(31)32-14-21-19-10-6-4-8-17(19)18-9-5-7-11-20(18)21/h4-12,16,21-22H,13-14H2,1-3H3,(H,26,31)(H,27,28)(H,29,30)/t16-,22-/m0/s1. The van der Waals surface area contributed by atoms with E-state index in [1.54, 1.807) is 6.08 Å². The first-order valence-corrected chi connectivity index (χ1v) is 10.6. The summed E-state index contributed by atoms with van der Waals surface area (Å²) in [5.41, 5.74) is 5.39. The largest absolute Gasteiger partial charge is 0.480 e. The first-order valence-electron chi connectivity index (χ1n) is 10.6. The summed E-state index contributed by atoms with van der Waals surface area (Å²) in [7, 11) is 0. The molecule has 0 saturated heterocycles. The molecule has 0 unspecified atom stereocenters. The van der Waals surface area contributed by atoms with Gasteiger partial charge in [0.2, 0.25) is 5.91 Å². The summed E-state index contributed by atoms with van der Waals surface area (Å²) in [5.74, 6) is -1.81. The van der Waals surface area contributed by atoms with Crippen LogP contribution < -0.4 is 10.6 Å². The highest BCUT2D eigenvalue weighted by atomic mass is 16.5. The Kier molecular flexibility index (Phi) is 7.30. The lowest BCUT2D eigenvalue weighted by atomic mass is 9.98. The molecule has 0 aromatic heterocycles. The molecule has 7 nitrogen and oxygen atoms in total. The lowest BCUT2D eigenvalue weighted by Crippen LogP contribution is -2.50. The summed E-state index contributed by atoms with van der Waals surface area (Å²) in [5, 5.41) is 14.2. The van der Waals surface area contributed by atoms with Crippen LogP contribution in [0.25, 0.3) is 11.1 Å². The predicted molar refractivity (Wildman–Crippen MR) is 121 cm³/mol. The van der Waals surface area contributed by atoms with Gasteiger partial charge in [0.1, 0.15) is 18.7 Å². The number of alkyl carbamates (subject to hydrolysis) is 1. The quantitative estimate of drug-likeness (QED) is 0.546. The van der Waals surface area contributed by atoms with Crippen molar-refractivity contribution in [2.75, 3.05) is 6.61 Å². The fourth-order valence-corrected chi connectivity index (χ4v) is 3.75. The molecule has 0 spiro atoms. The van der Waals surface area contributed by atoms with Gasteiger partial charge in [-0.25, -0.2) is 9.59 Å². The number of carbonyl (C=O) groups is 3. The Labute approximate surface area is 187 Å². The van der Waals surface area contributed by atoms with Gasteiger partial charge in [-0.05, 0) is 49.4 Å². The van der Waals surface area contributed by atoms with E-state index in [0.717, 1.165) is 27.8 Å². The van der Waals surface area contributed by atoms with Crippen LogP contribution in [0, 0.1) is 0 Å². The van der Waals surface area contributed by atoms with Crippen LogP contribution in [0.3, 0.4) is 0 Å². The van der Waals surface area contributed by atoms with Crippen LogP contribution in [-0.4, -0.2) is 41.8 Å². The third-order valence-electron chi connectivity index (χ3n) is 5.45. The molecule has 0 radical (unpaired) electrons. The van der Waals surface area contributed by atoms with Gasteiger partial charge in [0.25, 0.3) is 0 Å². The predicted octanol–water partition coefficient (Wildman–Crippen LogP) is 3.84. The first kappa shape index (κ1) is 23.1. The number of carboxylic acids is 1. The molecule has 1 aliphatic carbocycles. The van der Waals surface area contributed by atoms with Gasteiger partial charge in [0, 0.05) is 5.92 Å². The van der Waals surface area contributed by atoms with Gasteiger partial charge in [-0.1, -0.05) is 60.2 Å². The normalized spacial score (nSPS) is 13.8. The molecule has 0 saturated carbocycles. The zero-order valence-electron chi connectivity index (χ0n) is 18.4. The number of fused-ring (bicyclic) bond motifs is 3. The number of nitrogens with one attached hydrogen (secondary N) is 2. The highest BCUT2D eigenvalue weighted by molar-refractivity contribution is 5.89. The van der Waals surface area contributed by atoms with Gasteiger partial charge < -0.3 is 20.5 Å². The van der Waals surface area contributed by atoms with Crippen LogP contribution in [0.1, 0.15) is 44.2 Å². The van der Waals surface area contributed by atoms with E-state index in [9.17, 15) is 19.5 Å². The number of benzene rings is 2. The Hall–Kier alpha value is -3.61. The Morgan fingerprint density at radius 1 is 1.00 bits per heavy atom. The fraction of sp³-hybridized carbons (Fsp3) is 0.320. The molecular weight excluding hydrogens is 408 g/mol. The van der Waals surface area contributed by atoms with E-state index in [2.05, 4.69) is 22.8 Å². The van der Waals surface area contributed by atoms with Crippen molar-refractivity contribution < 1.29 is 24.2 Å². The number of rotatable bonds is 8. The Bertz CT molecular complexity index is 997. The van der Waals surface area contributed by atoms with E-state index in [0.29, 0.717) is 0 Å².